The zero-order valence-electron chi connectivity index (χ0n) is 10.1. The number of halogens is 1. The Balaban J connectivity index is 2.61. The molecule has 1 aromatic carbocycles. The van der Waals surface area contributed by atoms with Crippen molar-refractivity contribution in [2.45, 2.75) is 26.2 Å². The van der Waals surface area contributed by atoms with Crippen LogP contribution in [0.4, 0.5) is 4.39 Å². The van der Waals surface area contributed by atoms with Gasteiger partial charge in [0.05, 0.1) is 0 Å². The number of carbonyl (C=O) groups is 2. The molecule has 0 unspecified atom stereocenters. The van der Waals surface area contributed by atoms with Crippen molar-refractivity contribution >= 4 is 19.4 Å². The first-order valence-corrected chi connectivity index (χ1v) is 8.77. The smallest absolute Gasteiger partial charge is 0.369 e. The van der Waals surface area contributed by atoms with Crippen molar-refractivity contribution in [3.05, 3.63) is 35.6 Å². The van der Waals surface area contributed by atoms with Crippen molar-refractivity contribution in [2.75, 3.05) is 0 Å². The van der Waals surface area contributed by atoms with E-state index in [1.54, 1.807) is 31.8 Å². The van der Waals surface area contributed by atoms with Crippen molar-refractivity contribution in [3.8, 4) is 0 Å². The summed E-state index contributed by atoms with van der Waals surface area (Å²) in [7, 11) is -2.18. The van der Waals surface area contributed by atoms with Crippen molar-refractivity contribution in [3.63, 3.8) is 0 Å². The molecule has 0 aliphatic carbocycles. The van der Waals surface area contributed by atoms with Gasteiger partial charge in [0.15, 0.2) is 0 Å². The van der Waals surface area contributed by atoms with E-state index in [1.807, 2.05) is 0 Å². The predicted octanol–water partition coefficient (Wildman–Crippen LogP) is 2.32. The van der Waals surface area contributed by atoms with Crippen LogP contribution in [0.1, 0.15) is 5.56 Å². The summed E-state index contributed by atoms with van der Waals surface area (Å²) in [4.78, 5) is 23.0. The van der Waals surface area contributed by atoms with Crippen LogP contribution in [0, 0.1) is 5.82 Å². The second kappa shape index (κ2) is 5.22. The number of esters is 1. The molecule has 0 atom stereocenters. The summed E-state index contributed by atoms with van der Waals surface area (Å²) in [6, 6.07) is 5.99. The average molecular weight is 254 g/mol. The lowest BCUT2D eigenvalue weighted by Crippen LogP contribution is -2.40. The van der Waals surface area contributed by atoms with Crippen LogP contribution in [0.3, 0.4) is 0 Å². The van der Waals surface area contributed by atoms with Gasteiger partial charge >= 0.3 is 5.97 Å². The summed E-state index contributed by atoms with van der Waals surface area (Å²) in [6.07, 6.45) is 0. The first kappa shape index (κ1) is 13.6. The van der Waals surface area contributed by atoms with Gasteiger partial charge in [-0.15, -0.1) is 0 Å². The van der Waals surface area contributed by atoms with Gasteiger partial charge in [-0.05, 0) is 6.07 Å². The van der Waals surface area contributed by atoms with E-state index < -0.39 is 25.3 Å². The average Bonchev–Trinajstić information content (AvgIpc) is 2.25. The maximum absolute atomic E-state index is 13.2. The fourth-order valence-electron chi connectivity index (χ4n) is 1.13. The van der Waals surface area contributed by atoms with Crippen LogP contribution < -0.4 is 0 Å². The van der Waals surface area contributed by atoms with Gasteiger partial charge in [-0.1, -0.05) is 37.8 Å². The molecule has 0 heterocycles. The zero-order valence-corrected chi connectivity index (χ0v) is 11.1. The third kappa shape index (κ3) is 3.78. The minimum Gasteiger partial charge on any atom is -0.455 e. The SMILES string of the molecule is C[Si](C)(C)C(=O)C(=O)OCc1ccccc1F. The van der Waals surface area contributed by atoms with Crippen molar-refractivity contribution in [2.24, 2.45) is 0 Å². The minimum absolute atomic E-state index is 0.207. The van der Waals surface area contributed by atoms with Crippen LogP contribution in [-0.2, 0) is 20.9 Å². The minimum atomic E-state index is -2.18. The monoisotopic (exact) mass is 254 g/mol. The molecule has 0 aromatic heterocycles. The standard InChI is InChI=1S/C12H15FO3Si/c1-17(2,3)12(15)11(14)16-8-9-6-4-5-7-10(9)13/h4-7H,8H2,1-3H3. The van der Waals surface area contributed by atoms with Gasteiger partial charge in [-0.25, -0.2) is 9.18 Å². The van der Waals surface area contributed by atoms with E-state index in [-0.39, 0.29) is 12.2 Å². The molecule has 0 fully saturated rings. The van der Waals surface area contributed by atoms with Crippen LogP contribution in [0.25, 0.3) is 0 Å². The largest absolute Gasteiger partial charge is 0.455 e. The highest BCUT2D eigenvalue weighted by Crippen LogP contribution is 2.09. The molecule has 0 N–H and O–H groups in total. The molecule has 5 heteroatoms. The molecule has 0 aliphatic heterocycles. The van der Waals surface area contributed by atoms with E-state index in [1.165, 1.54) is 12.1 Å². The molecule has 0 aliphatic rings. The Bertz CT molecular complexity index is 438. The zero-order chi connectivity index (χ0) is 13.1. The predicted molar refractivity (Wildman–Crippen MR) is 64.5 cm³/mol. The fourth-order valence-corrected chi connectivity index (χ4v) is 1.82. The highest BCUT2D eigenvalue weighted by atomic mass is 28.3. The molecule has 0 saturated carbocycles. The van der Waals surface area contributed by atoms with E-state index in [0.29, 0.717) is 0 Å². The molecule has 1 rings (SSSR count). The van der Waals surface area contributed by atoms with E-state index in [4.69, 9.17) is 4.74 Å². The maximum atomic E-state index is 13.2. The van der Waals surface area contributed by atoms with Crippen LogP contribution in [0.15, 0.2) is 24.3 Å². The number of hydrogen-bond donors (Lipinski definition) is 0. The molecule has 3 nitrogen and oxygen atoms in total. The van der Waals surface area contributed by atoms with Crippen LogP contribution in [0.5, 0.6) is 0 Å². The molecule has 17 heavy (non-hydrogen) atoms. The Morgan fingerprint density at radius 2 is 1.82 bits per heavy atom. The Morgan fingerprint density at radius 3 is 2.35 bits per heavy atom. The fraction of sp³-hybridized carbons (Fsp3) is 0.333. The first-order chi connectivity index (χ1) is 7.82. The van der Waals surface area contributed by atoms with Crippen LogP contribution in [0.2, 0.25) is 19.6 Å². The summed E-state index contributed by atoms with van der Waals surface area (Å²) in [5.74, 6) is -1.31. The lowest BCUT2D eigenvalue weighted by molar-refractivity contribution is -0.151. The first-order valence-electron chi connectivity index (χ1n) is 5.27. The van der Waals surface area contributed by atoms with Gasteiger partial charge in [-0.3, -0.25) is 4.79 Å². The number of hydrogen-bond acceptors (Lipinski definition) is 3. The second-order valence-electron chi connectivity index (χ2n) is 4.75. The number of ether oxygens (including phenoxy) is 1. The van der Waals surface area contributed by atoms with Gasteiger partial charge in [0, 0.05) is 5.56 Å². The molecule has 0 bridgehead atoms. The molecule has 0 spiro atoms. The van der Waals surface area contributed by atoms with Crippen molar-refractivity contribution in [1.29, 1.82) is 0 Å². The molecular weight excluding hydrogens is 239 g/mol. The molecule has 0 amide bonds. The third-order valence-electron chi connectivity index (χ3n) is 2.18. The Kier molecular flexibility index (Phi) is 4.17. The van der Waals surface area contributed by atoms with Gasteiger partial charge in [0.25, 0.3) is 0 Å². The quantitative estimate of drug-likeness (QED) is 0.470. The number of rotatable bonds is 4. The van der Waals surface area contributed by atoms with E-state index in [0.717, 1.165) is 0 Å². The second-order valence-corrected chi connectivity index (χ2v) is 9.70. The lowest BCUT2D eigenvalue weighted by atomic mass is 10.2. The topological polar surface area (TPSA) is 43.4 Å². The van der Waals surface area contributed by atoms with E-state index in [2.05, 4.69) is 0 Å². The van der Waals surface area contributed by atoms with E-state index in [9.17, 15) is 14.0 Å². The normalized spacial score (nSPS) is 11.1. The van der Waals surface area contributed by atoms with Gasteiger partial charge in [0.2, 0.25) is 5.41 Å². The third-order valence-corrected chi connectivity index (χ3v) is 3.75. The van der Waals surface area contributed by atoms with Crippen LogP contribution in [-0.4, -0.2) is 19.4 Å². The summed E-state index contributed by atoms with van der Waals surface area (Å²) < 4.78 is 18.0. The summed E-state index contributed by atoms with van der Waals surface area (Å²) in [6.45, 7) is 5.08. The van der Waals surface area contributed by atoms with E-state index >= 15 is 0 Å². The molecule has 0 saturated heterocycles. The Morgan fingerprint density at radius 1 is 1.24 bits per heavy atom. The highest BCUT2D eigenvalue weighted by Gasteiger charge is 2.31. The molecule has 1 aromatic rings. The molecule has 92 valence electrons. The maximum Gasteiger partial charge on any atom is 0.369 e. The Labute approximate surface area is 101 Å². The molecule has 0 radical (unpaired) electrons. The summed E-state index contributed by atoms with van der Waals surface area (Å²) in [5.41, 5.74) is 0.268. The van der Waals surface area contributed by atoms with Crippen molar-refractivity contribution < 1.29 is 18.7 Å². The van der Waals surface area contributed by atoms with Gasteiger partial charge < -0.3 is 4.74 Å². The van der Waals surface area contributed by atoms with Gasteiger partial charge in [-0.2, -0.15) is 0 Å². The highest BCUT2D eigenvalue weighted by molar-refractivity contribution is 7.11. The van der Waals surface area contributed by atoms with Crippen molar-refractivity contribution in [1.82, 2.24) is 0 Å². The summed E-state index contributed by atoms with van der Waals surface area (Å²) in [5, 5.41) is -0.478. The lowest BCUT2D eigenvalue weighted by Gasteiger charge is -2.12. The Hall–Kier alpha value is -1.49. The summed E-state index contributed by atoms with van der Waals surface area (Å²) >= 11 is 0. The number of carbonyl (C=O) groups excluding carboxylic acids is 2. The van der Waals surface area contributed by atoms with Gasteiger partial charge in [0.1, 0.15) is 20.5 Å². The molecular formula is C12H15FO3Si. The van der Waals surface area contributed by atoms with Crippen LogP contribution >= 0.6 is 0 Å². The number of benzene rings is 1.